The first-order valence-corrected chi connectivity index (χ1v) is 15.7. The van der Waals surface area contributed by atoms with Crippen LogP contribution in [-0.4, -0.2) is 9.55 Å². The average molecular weight is 577 g/mol. The molecular formula is C43H32N2. The summed E-state index contributed by atoms with van der Waals surface area (Å²) in [5, 5.41) is 10.2. The van der Waals surface area contributed by atoms with Gasteiger partial charge in [-0.2, -0.15) is 0 Å². The van der Waals surface area contributed by atoms with Crippen LogP contribution < -0.4 is 0 Å². The second-order valence-corrected chi connectivity index (χ2v) is 13.3. The number of rotatable bonds is 3. The molecule has 2 heteroatoms. The van der Waals surface area contributed by atoms with E-state index in [9.17, 15) is 0 Å². The number of fused-ring (bicyclic) bond motifs is 2. The highest BCUT2D eigenvalue weighted by Crippen LogP contribution is 2.46. The van der Waals surface area contributed by atoms with Crippen LogP contribution in [0.4, 0.5) is 0 Å². The first-order chi connectivity index (χ1) is 21.9. The number of imidazole rings is 1. The van der Waals surface area contributed by atoms with Crippen LogP contribution in [0.1, 0.15) is 26.3 Å². The topological polar surface area (TPSA) is 17.8 Å². The smallest absolute Gasteiger partial charge is 0.146 e. The van der Waals surface area contributed by atoms with E-state index in [2.05, 4.69) is 165 Å². The van der Waals surface area contributed by atoms with Crippen molar-refractivity contribution in [3.8, 4) is 28.2 Å². The molecule has 0 amide bonds. The molecule has 0 atom stereocenters. The van der Waals surface area contributed by atoms with E-state index in [1.54, 1.807) is 0 Å². The molecule has 0 aliphatic rings. The maximum atomic E-state index is 5.34. The van der Waals surface area contributed by atoms with Crippen molar-refractivity contribution in [3.05, 3.63) is 145 Å². The monoisotopic (exact) mass is 576 g/mol. The van der Waals surface area contributed by atoms with Crippen LogP contribution in [0.15, 0.2) is 140 Å². The van der Waals surface area contributed by atoms with Gasteiger partial charge in [-0.05, 0) is 102 Å². The summed E-state index contributed by atoms with van der Waals surface area (Å²) in [6.45, 7) is 6.89. The molecule has 214 valence electrons. The average Bonchev–Trinajstić information content (AvgIpc) is 3.46. The molecule has 8 aromatic carbocycles. The Morgan fingerprint density at radius 2 is 1.16 bits per heavy atom. The lowest BCUT2D eigenvalue weighted by Gasteiger charge is -2.23. The van der Waals surface area contributed by atoms with Crippen molar-refractivity contribution in [3.63, 3.8) is 0 Å². The Balaban J connectivity index is 1.45. The highest BCUT2D eigenvalue weighted by atomic mass is 15.1. The summed E-state index contributed by atoms with van der Waals surface area (Å²) < 4.78 is 2.32. The van der Waals surface area contributed by atoms with E-state index in [0.717, 1.165) is 28.1 Å². The van der Waals surface area contributed by atoms with Gasteiger partial charge in [0.05, 0.1) is 11.0 Å². The van der Waals surface area contributed by atoms with Crippen molar-refractivity contribution >= 4 is 54.1 Å². The van der Waals surface area contributed by atoms with Gasteiger partial charge in [-0.1, -0.05) is 124 Å². The number of hydrogen-bond donors (Lipinski definition) is 0. The molecule has 0 saturated carbocycles. The molecule has 9 aromatic rings. The van der Waals surface area contributed by atoms with Gasteiger partial charge in [0.1, 0.15) is 5.82 Å². The largest absolute Gasteiger partial charge is 0.292 e. The molecule has 2 nitrogen and oxygen atoms in total. The van der Waals surface area contributed by atoms with E-state index in [1.807, 2.05) is 0 Å². The highest BCUT2D eigenvalue weighted by molar-refractivity contribution is 6.28. The Hall–Kier alpha value is -5.47. The Morgan fingerprint density at radius 3 is 1.91 bits per heavy atom. The van der Waals surface area contributed by atoms with Gasteiger partial charge in [0, 0.05) is 11.3 Å². The summed E-state index contributed by atoms with van der Waals surface area (Å²) in [6.07, 6.45) is 0. The van der Waals surface area contributed by atoms with Gasteiger partial charge in [0.2, 0.25) is 0 Å². The van der Waals surface area contributed by atoms with Gasteiger partial charge >= 0.3 is 0 Å². The minimum atomic E-state index is 0.0619. The van der Waals surface area contributed by atoms with Gasteiger partial charge in [-0.15, -0.1) is 0 Å². The second kappa shape index (κ2) is 9.51. The van der Waals surface area contributed by atoms with Crippen molar-refractivity contribution in [1.29, 1.82) is 0 Å². The predicted octanol–water partition coefficient (Wildman–Crippen LogP) is 11.7. The fourth-order valence-electron chi connectivity index (χ4n) is 7.17. The molecular weight excluding hydrogens is 544 g/mol. The van der Waals surface area contributed by atoms with Crippen LogP contribution in [0.25, 0.3) is 82.3 Å². The maximum Gasteiger partial charge on any atom is 0.146 e. The summed E-state index contributed by atoms with van der Waals surface area (Å²) in [4.78, 5) is 5.34. The standard InChI is InChI=1S/C43H32N2/c1-43(2,3)32-24-30-19-21-34-36(29-18-17-27-11-7-8-12-28(27)23-29)26-37(35-22-20-31(25-32)40(30)41(34)35)42-44-38-15-9-10-16-39(38)45(42)33-13-5-4-6-14-33/h4-26H,1-3H3. The van der Waals surface area contributed by atoms with Crippen LogP contribution in [0.3, 0.4) is 0 Å². The van der Waals surface area contributed by atoms with Crippen LogP contribution >= 0.6 is 0 Å². The summed E-state index contributed by atoms with van der Waals surface area (Å²) in [5.74, 6) is 0.956. The Bertz CT molecular complexity index is 2540. The van der Waals surface area contributed by atoms with Crippen molar-refractivity contribution < 1.29 is 0 Å². The Morgan fingerprint density at radius 1 is 0.511 bits per heavy atom. The number of aromatic nitrogens is 2. The van der Waals surface area contributed by atoms with E-state index >= 15 is 0 Å². The minimum absolute atomic E-state index is 0.0619. The molecule has 9 rings (SSSR count). The third-order valence-electron chi connectivity index (χ3n) is 9.46. The Labute approximate surface area is 262 Å². The van der Waals surface area contributed by atoms with Crippen LogP contribution in [0.2, 0.25) is 0 Å². The predicted molar refractivity (Wildman–Crippen MR) is 192 cm³/mol. The molecule has 0 saturated heterocycles. The zero-order chi connectivity index (χ0) is 30.3. The molecule has 1 heterocycles. The first-order valence-electron chi connectivity index (χ1n) is 15.7. The van der Waals surface area contributed by atoms with E-state index in [1.165, 1.54) is 59.8 Å². The van der Waals surface area contributed by atoms with E-state index in [4.69, 9.17) is 4.98 Å². The van der Waals surface area contributed by atoms with Crippen molar-refractivity contribution in [2.75, 3.05) is 0 Å². The number of para-hydroxylation sites is 3. The molecule has 1 aromatic heterocycles. The zero-order valence-corrected chi connectivity index (χ0v) is 25.7. The fraction of sp³-hybridized carbons (Fsp3) is 0.0930. The first kappa shape index (κ1) is 26.0. The second-order valence-electron chi connectivity index (χ2n) is 13.3. The zero-order valence-electron chi connectivity index (χ0n) is 25.7. The lowest BCUT2D eigenvalue weighted by atomic mass is 9.82. The van der Waals surface area contributed by atoms with Gasteiger partial charge in [-0.25, -0.2) is 4.98 Å². The molecule has 0 aliphatic heterocycles. The van der Waals surface area contributed by atoms with Crippen molar-refractivity contribution in [1.82, 2.24) is 9.55 Å². The maximum absolute atomic E-state index is 5.34. The van der Waals surface area contributed by atoms with Gasteiger partial charge < -0.3 is 0 Å². The van der Waals surface area contributed by atoms with E-state index in [0.29, 0.717) is 0 Å². The van der Waals surface area contributed by atoms with Crippen molar-refractivity contribution in [2.24, 2.45) is 0 Å². The lowest BCUT2D eigenvalue weighted by Crippen LogP contribution is -2.10. The summed E-state index contributed by atoms with van der Waals surface area (Å²) in [6, 6.07) is 51.0. The van der Waals surface area contributed by atoms with Gasteiger partial charge in [0.15, 0.2) is 0 Å². The molecule has 0 bridgehead atoms. The SMILES string of the molecule is CC(C)(C)c1cc2ccc3c(-c4ccc5ccccc5c4)cc(-c4nc5ccccc5n4-c4ccccc4)c4ccc(c1)c2c34. The van der Waals surface area contributed by atoms with Gasteiger partial charge in [0.25, 0.3) is 0 Å². The Kier molecular flexibility index (Phi) is 5.49. The number of benzene rings is 8. The summed E-state index contributed by atoms with van der Waals surface area (Å²) in [7, 11) is 0. The highest BCUT2D eigenvalue weighted by Gasteiger charge is 2.23. The molecule has 0 spiro atoms. The molecule has 45 heavy (non-hydrogen) atoms. The molecule has 0 aliphatic carbocycles. The number of hydrogen-bond acceptors (Lipinski definition) is 1. The third-order valence-corrected chi connectivity index (χ3v) is 9.46. The molecule has 0 radical (unpaired) electrons. The van der Waals surface area contributed by atoms with Gasteiger partial charge in [-0.3, -0.25) is 4.57 Å². The lowest BCUT2D eigenvalue weighted by molar-refractivity contribution is 0.591. The molecule has 0 fully saturated rings. The van der Waals surface area contributed by atoms with E-state index in [-0.39, 0.29) is 5.41 Å². The molecule has 0 unspecified atom stereocenters. The van der Waals surface area contributed by atoms with Crippen molar-refractivity contribution in [2.45, 2.75) is 26.2 Å². The fourth-order valence-corrected chi connectivity index (χ4v) is 7.17. The normalized spacial score (nSPS) is 12.3. The quantitative estimate of drug-likeness (QED) is 0.191. The van der Waals surface area contributed by atoms with Crippen LogP contribution in [0.5, 0.6) is 0 Å². The summed E-state index contributed by atoms with van der Waals surface area (Å²) in [5.41, 5.74) is 8.19. The molecule has 0 N–H and O–H groups in total. The van der Waals surface area contributed by atoms with Crippen LogP contribution in [-0.2, 0) is 5.41 Å². The third kappa shape index (κ3) is 3.99. The number of nitrogens with zero attached hydrogens (tertiary/aromatic N) is 2. The van der Waals surface area contributed by atoms with E-state index < -0.39 is 0 Å². The minimum Gasteiger partial charge on any atom is -0.292 e. The summed E-state index contributed by atoms with van der Waals surface area (Å²) >= 11 is 0. The van der Waals surface area contributed by atoms with Crippen LogP contribution in [0, 0.1) is 0 Å².